The first-order chi connectivity index (χ1) is 9.60. The molecule has 1 atom stereocenters. The van der Waals surface area contributed by atoms with Crippen molar-refractivity contribution in [1.29, 1.82) is 0 Å². The Morgan fingerprint density at radius 3 is 2.50 bits per heavy atom. The Morgan fingerprint density at radius 2 is 1.95 bits per heavy atom. The fourth-order valence-corrected chi connectivity index (χ4v) is 2.77. The van der Waals surface area contributed by atoms with Gasteiger partial charge in [0.25, 0.3) is 0 Å². The van der Waals surface area contributed by atoms with E-state index in [4.69, 9.17) is 23.2 Å². The molecule has 1 N–H and O–H groups in total. The topological polar surface area (TPSA) is 42.7 Å². The molecule has 1 aromatic carbocycles. The van der Waals surface area contributed by atoms with E-state index in [0.29, 0.717) is 10.0 Å². The Hall–Kier alpha value is -1.10. The second kappa shape index (κ2) is 7.07. The van der Waals surface area contributed by atoms with Crippen LogP contribution in [0.25, 0.3) is 0 Å². The average molecular weight is 313 g/mol. The summed E-state index contributed by atoms with van der Waals surface area (Å²) in [4.78, 5) is 0. The molecule has 1 unspecified atom stereocenters. The number of rotatable bonds is 6. The number of benzene rings is 1. The minimum Gasteiger partial charge on any atom is -0.314 e. The smallest absolute Gasteiger partial charge is 0.0842 e. The van der Waals surface area contributed by atoms with Crippen molar-refractivity contribution < 1.29 is 0 Å². The number of likely N-dealkylation sites (N-methyl/N-ethyl adjacent to an activating group) is 1. The number of hydrogen-bond donors (Lipinski definition) is 1. The van der Waals surface area contributed by atoms with Gasteiger partial charge in [-0.25, -0.2) is 0 Å². The van der Waals surface area contributed by atoms with Crippen LogP contribution in [0.3, 0.4) is 0 Å². The van der Waals surface area contributed by atoms with Crippen LogP contribution in [0.4, 0.5) is 0 Å². The first-order valence-electron chi connectivity index (χ1n) is 6.61. The van der Waals surface area contributed by atoms with Gasteiger partial charge in [-0.1, -0.05) is 41.4 Å². The van der Waals surface area contributed by atoms with Gasteiger partial charge < -0.3 is 5.32 Å². The van der Waals surface area contributed by atoms with Crippen LogP contribution in [0, 0.1) is 0 Å². The quantitative estimate of drug-likeness (QED) is 0.892. The third kappa shape index (κ3) is 3.95. The van der Waals surface area contributed by atoms with Gasteiger partial charge in [0.1, 0.15) is 0 Å². The molecule has 1 aromatic heterocycles. The summed E-state index contributed by atoms with van der Waals surface area (Å²) in [6.45, 7) is 2.96. The predicted molar refractivity (Wildman–Crippen MR) is 82.3 cm³/mol. The van der Waals surface area contributed by atoms with Crippen molar-refractivity contribution >= 4 is 23.2 Å². The van der Waals surface area contributed by atoms with Crippen molar-refractivity contribution in [3.8, 4) is 0 Å². The summed E-state index contributed by atoms with van der Waals surface area (Å²) in [5, 5.41) is 13.0. The van der Waals surface area contributed by atoms with Crippen LogP contribution in [0.5, 0.6) is 0 Å². The monoisotopic (exact) mass is 312 g/mol. The lowest BCUT2D eigenvalue weighted by Gasteiger charge is -2.18. The zero-order valence-electron chi connectivity index (χ0n) is 11.6. The number of aryl methyl sites for hydroxylation is 1. The summed E-state index contributed by atoms with van der Waals surface area (Å²) in [7, 11) is 1.86. The molecule has 1 heterocycles. The second-order valence-corrected chi connectivity index (χ2v) is 5.56. The Kier molecular flexibility index (Phi) is 5.40. The van der Waals surface area contributed by atoms with Crippen molar-refractivity contribution in [1.82, 2.24) is 20.3 Å². The normalized spacial score (nSPS) is 12.6. The van der Waals surface area contributed by atoms with Gasteiger partial charge in [0.15, 0.2) is 0 Å². The van der Waals surface area contributed by atoms with Crippen molar-refractivity contribution in [2.24, 2.45) is 7.05 Å². The van der Waals surface area contributed by atoms with E-state index in [2.05, 4.69) is 22.6 Å². The molecule has 0 radical (unpaired) electrons. The lowest BCUT2D eigenvalue weighted by molar-refractivity contribution is 0.516. The Balaban J connectivity index is 2.13. The van der Waals surface area contributed by atoms with E-state index in [1.165, 1.54) is 0 Å². The maximum absolute atomic E-state index is 6.24. The molecule has 0 spiro atoms. The zero-order valence-corrected chi connectivity index (χ0v) is 13.1. The maximum atomic E-state index is 6.24. The van der Waals surface area contributed by atoms with E-state index in [1.54, 1.807) is 4.68 Å². The van der Waals surface area contributed by atoms with E-state index < -0.39 is 0 Å². The van der Waals surface area contributed by atoms with Gasteiger partial charge in [-0.05, 0) is 30.7 Å². The van der Waals surface area contributed by atoms with Gasteiger partial charge >= 0.3 is 0 Å². The molecule has 20 heavy (non-hydrogen) atoms. The third-order valence-electron chi connectivity index (χ3n) is 3.11. The fourth-order valence-electron chi connectivity index (χ4n) is 2.22. The number of hydrogen-bond acceptors (Lipinski definition) is 3. The van der Waals surface area contributed by atoms with Crippen molar-refractivity contribution in [2.45, 2.75) is 25.8 Å². The molecule has 2 aromatic rings. The molecule has 0 aliphatic heterocycles. The van der Waals surface area contributed by atoms with Gasteiger partial charge in [-0.15, -0.1) is 5.10 Å². The van der Waals surface area contributed by atoms with Crippen LogP contribution in [0.1, 0.15) is 18.2 Å². The van der Waals surface area contributed by atoms with Gasteiger partial charge in [-0.3, -0.25) is 4.68 Å². The highest BCUT2D eigenvalue weighted by Crippen LogP contribution is 2.26. The molecule has 108 valence electrons. The van der Waals surface area contributed by atoms with Gasteiger partial charge in [0, 0.05) is 35.8 Å². The Morgan fingerprint density at radius 1 is 1.25 bits per heavy atom. The average Bonchev–Trinajstić information content (AvgIpc) is 2.80. The third-order valence-corrected chi connectivity index (χ3v) is 3.82. The summed E-state index contributed by atoms with van der Waals surface area (Å²) < 4.78 is 1.71. The predicted octanol–water partition coefficient (Wildman–Crippen LogP) is 2.89. The molecule has 0 aliphatic carbocycles. The summed E-state index contributed by atoms with van der Waals surface area (Å²) in [6, 6.07) is 5.83. The number of nitrogens with one attached hydrogen (secondary N) is 1. The van der Waals surface area contributed by atoms with Crippen LogP contribution in [-0.4, -0.2) is 27.6 Å². The first kappa shape index (κ1) is 15.3. The van der Waals surface area contributed by atoms with Gasteiger partial charge in [-0.2, -0.15) is 0 Å². The standard InChI is InChI=1S/C14H18Cl2N4/c1-3-17-10(7-11-9-20(2)19-18-11)8-12-13(15)5-4-6-14(12)16/h4-6,9-10,17H,3,7-8H2,1-2H3. The minimum atomic E-state index is 0.231. The molecule has 6 heteroatoms. The van der Waals surface area contributed by atoms with E-state index in [-0.39, 0.29) is 6.04 Å². The molecule has 0 fully saturated rings. The molecular formula is C14H18Cl2N4. The zero-order chi connectivity index (χ0) is 14.5. The molecule has 4 nitrogen and oxygen atoms in total. The highest BCUT2D eigenvalue weighted by molar-refractivity contribution is 6.36. The maximum Gasteiger partial charge on any atom is 0.0842 e. The highest BCUT2D eigenvalue weighted by atomic mass is 35.5. The van der Waals surface area contributed by atoms with Crippen molar-refractivity contribution in [3.63, 3.8) is 0 Å². The van der Waals surface area contributed by atoms with Crippen LogP contribution in [0.2, 0.25) is 10.0 Å². The molecule has 0 bridgehead atoms. The molecule has 0 saturated heterocycles. The highest BCUT2D eigenvalue weighted by Gasteiger charge is 2.15. The van der Waals surface area contributed by atoms with E-state index in [0.717, 1.165) is 30.6 Å². The SMILES string of the molecule is CCNC(Cc1cn(C)nn1)Cc1c(Cl)cccc1Cl. The second-order valence-electron chi connectivity index (χ2n) is 4.75. The largest absolute Gasteiger partial charge is 0.314 e. The molecule has 2 rings (SSSR count). The van der Waals surface area contributed by atoms with Gasteiger partial charge in [0.05, 0.1) is 5.69 Å². The van der Waals surface area contributed by atoms with Gasteiger partial charge in [0.2, 0.25) is 0 Å². The van der Waals surface area contributed by atoms with Crippen LogP contribution in [-0.2, 0) is 19.9 Å². The fraction of sp³-hybridized carbons (Fsp3) is 0.429. The number of nitrogens with zero attached hydrogens (tertiary/aromatic N) is 3. The summed E-state index contributed by atoms with van der Waals surface area (Å²) >= 11 is 12.5. The van der Waals surface area contributed by atoms with Crippen LogP contribution < -0.4 is 5.32 Å². The Labute approximate surface area is 129 Å². The van der Waals surface area contributed by atoms with E-state index in [9.17, 15) is 0 Å². The minimum absolute atomic E-state index is 0.231. The summed E-state index contributed by atoms with van der Waals surface area (Å²) in [5.74, 6) is 0. The molecule has 0 aliphatic rings. The first-order valence-corrected chi connectivity index (χ1v) is 7.37. The van der Waals surface area contributed by atoms with E-state index >= 15 is 0 Å². The number of halogens is 2. The Bertz CT molecular complexity index is 548. The van der Waals surface area contributed by atoms with Crippen molar-refractivity contribution in [2.75, 3.05) is 6.54 Å². The molecular weight excluding hydrogens is 295 g/mol. The lowest BCUT2D eigenvalue weighted by atomic mass is 10.0. The van der Waals surface area contributed by atoms with Crippen molar-refractivity contribution in [3.05, 3.63) is 45.7 Å². The summed E-state index contributed by atoms with van der Waals surface area (Å²) in [6.07, 6.45) is 3.49. The van der Waals surface area contributed by atoms with Crippen LogP contribution in [0.15, 0.2) is 24.4 Å². The summed E-state index contributed by atoms with van der Waals surface area (Å²) in [5.41, 5.74) is 1.94. The van der Waals surface area contributed by atoms with Crippen LogP contribution >= 0.6 is 23.2 Å². The number of aromatic nitrogens is 3. The lowest BCUT2D eigenvalue weighted by Crippen LogP contribution is -2.33. The molecule has 0 amide bonds. The molecule has 0 saturated carbocycles. The van der Waals surface area contributed by atoms with E-state index in [1.807, 2.05) is 31.4 Å².